The van der Waals surface area contributed by atoms with Gasteiger partial charge in [-0.25, -0.2) is 0 Å². The summed E-state index contributed by atoms with van der Waals surface area (Å²) < 4.78 is 5.85. The molecule has 3 atom stereocenters. The molecule has 0 aromatic carbocycles. The summed E-state index contributed by atoms with van der Waals surface area (Å²) in [5.74, 6) is 1.20. The van der Waals surface area contributed by atoms with Crippen LogP contribution in [0.2, 0.25) is 0 Å². The largest absolute Gasteiger partial charge is 0.378 e. The molecule has 108 valence electrons. The lowest BCUT2D eigenvalue weighted by molar-refractivity contribution is 0.0602. The third kappa shape index (κ3) is 2.44. The number of pyridine rings is 1. The van der Waals surface area contributed by atoms with Crippen molar-refractivity contribution in [3.63, 3.8) is 0 Å². The molecule has 0 saturated carbocycles. The predicted molar refractivity (Wildman–Crippen MR) is 76.5 cm³/mol. The summed E-state index contributed by atoms with van der Waals surface area (Å²) >= 11 is 0. The number of nitrogens with zero attached hydrogens (tertiary/aromatic N) is 2. The first kappa shape index (κ1) is 13.6. The van der Waals surface area contributed by atoms with Crippen molar-refractivity contribution in [3.05, 3.63) is 29.6 Å². The molecule has 0 bridgehead atoms. The zero-order chi connectivity index (χ0) is 14.1. The van der Waals surface area contributed by atoms with Gasteiger partial charge in [-0.1, -0.05) is 13.0 Å². The van der Waals surface area contributed by atoms with Gasteiger partial charge < -0.3 is 9.64 Å². The average Bonchev–Trinajstić information content (AvgIpc) is 2.89. The summed E-state index contributed by atoms with van der Waals surface area (Å²) in [5, 5.41) is 0. The van der Waals surface area contributed by atoms with Crippen molar-refractivity contribution in [2.24, 2.45) is 11.8 Å². The fourth-order valence-corrected chi connectivity index (χ4v) is 3.45. The Morgan fingerprint density at radius 1 is 1.50 bits per heavy atom. The maximum Gasteiger partial charge on any atom is 0.272 e. The Bertz CT molecular complexity index is 486. The van der Waals surface area contributed by atoms with Crippen LogP contribution in [0.5, 0.6) is 0 Å². The van der Waals surface area contributed by atoms with E-state index in [1.807, 2.05) is 24.0 Å². The molecule has 3 heterocycles. The Morgan fingerprint density at radius 2 is 2.35 bits per heavy atom. The summed E-state index contributed by atoms with van der Waals surface area (Å²) in [6.07, 6.45) is 4.29. The van der Waals surface area contributed by atoms with E-state index < -0.39 is 0 Å². The van der Waals surface area contributed by atoms with Crippen LogP contribution in [-0.2, 0) is 4.74 Å². The molecule has 2 fully saturated rings. The number of aryl methyl sites for hydroxylation is 1. The molecule has 2 aliphatic heterocycles. The van der Waals surface area contributed by atoms with Crippen LogP contribution in [0.1, 0.15) is 35.8 Å². The number of carbonyl (C=O) groups is 1. The SMILES string of the molecule is CC[C@H]1OC[C@H]2CN(C(=O)c3ccc(C)cn3)CC[C@H]21. The third-order valence-electron chi connectivity index (χ3n) is 4.61. The first-order valence-corrected chi connectivity index (χ1v) is 7.52. The second-order valence-electron chi connectivity index (χ2n) is 5.96. The fraction of sp³-hybridized carbons (Fsp3) is 0.625. The highest BCUT2D eigenvalue weighted by Crippen LogP contribution is 2.35. The molecule has 1 aromatic rings. The van der Waals surface area contributed by atoms with Crippen LogP contribution >= 0.6 is 0 Å². The fourth-order valence-electron chi connectivity index (χ4n) is 3.45. The van der Waals surface area contributed by atoms with Crippen molar-refractivity contribution in [2.75, 3.05) is 19.7 Å². The average molecular weight is 274 g/mol. The van der Waals surface area contributed by atoms with Crippen LogP contribution in [0.3, 0.4) is 0 Å². The predicted octanol–water partition coefficient (Wildman–Crippen LogP) is 2.28. The monoisotopic (exact) mass is 274 g/mol. The molecule has 4 heteroatoms. The minimum absolute atomic E-state index is 0.0587. The number of hydrogen-bond acceptors (Lipinski definition) is 3. The van der Waals surface area contributed by atoms with E-state index >= 15 is 0 Å². The highest BCUT2D eigenvalue weighted by atomic mass is 16.5. The standard InChI is InChI=1S/C16H22N2O2/c1-3-15-13-6-7-18(9-12(13)10-20-15)16(19)14-5-4-11(2)8-17-14/h4-5,8,12-13,15H,3,6-7,9-10H2,1-2H3/t12-,13-,15-/m1/s1. The van der Waals surface area contributed by atoms with Gasteiger partial charge in [-0.2, -0.15) is 0 Å². The molecular formula is C16H22N2O2. The summed E-state index contributed by atoms with van der Waals surface area (Å²) in [7, 11) is 0. The summed E-state index contributed by atoms with van der Waals surface area (Å²) in [6, 6.07) is 3.77. The van der Waals surface area contributed by atoms with Crippen LogP contribution in [0.4, 0.5) is 0 Å². The number of aromatic nitrogens is 1. The highest BCUT2D eigenvalue weighted by Gasteiger charge is 2.41. The van der Waals surface area contributed by atoms with Crippen molar-refractivity contribution in [1.82, 2.24) is 9.88 Å². The second-order valence-corrected chi connectivity index (χ2v) is 5.96. The lowest BCUT2D eigenvalue weighted by atomic mass is 9.83. The number of hydrogen-bond donors (Lipinski definition) is 0. The van der Waals surface area contributed by atoms with Crippen molar-refractivity contribution >= 4 is 5.91 Å². The third-order valence-corrected chi connectivity index (χ3v) is 4.61. The van der Waals surface area contributed by atoms with E-state index in [0.717, 1.165) is 38.1 Å². The van der Waals surface area contributed by atoms with Gasteiger partial charge in [0.2, 0.25) is 0 Å². The Labute approximate surface area is 120 Å². The maximum absolute atomic E-state index is 12.5. The molecule has 20 heavy (non-hydrogen) atoms. The van der Waals surface area contributed by atoms with E-state index in [0.29, 0.717) is 23.6 Å². The number of rotatable bonds is 2. The van der Waals surface area contributed by atoms with Gasteiger partial charge in [0, 0.05) is 25.2 Å². The van der Waals surface area contributed by atoms with Gasteiger partial charge >= 0.3 is 0 Å². The number of carbonyl (C=O) groups excluding carboxylic acids is 1. The van der Waals surface area contributed by atoms with Crippen LogP contribution in [0, 0.1) is 18.8 Å². The maximum atomic E-state index is 12.5. The van der Waals surface area contributed by atoms with E-state index in [-0.39, 0.29) is 5.91 Å². The van der Waals surface area contributed by atoms with Gasteiger partial charge in [0.05, 0.1) is 12.7 Å². The number of ether oxygens (including phenoxy) is 1. The zero-order valence-corrected chi connectivity index (χ0v) is 12.2. The van der Waals surface area contributed by atoms with E-state index in [9.17, 15) is 4.79 Å². The normalized spacial score (nSPS) is 29.3. The smallest absolute Gasteiger partial charge is 0.272 e. The molecule has 0 radical (unpaired) electrons. The molecule has 0 spiro atoms. The van der Waals surface area contributed by atoms with Crippen molar-refractivity contribution in [3.8, 4) is 0 Å². The van der Waals surface area contributed by atoms with Gasteiger partial charge in [0.25, 0.3) is 5.91 Å². The van der Waals surface area contributed by atoms with Crippen LogP contribution in [0.15, 0.2) is 18.3 Å². The molecule has 2 aliphatic rings. The van der Waals surface area contributed by atoms with Crippen LogP contribution in [-0.4, -0.2) is 41.6 Å². The first-order valence-electron chi connectivity index (χ1n) is 7.52. The molecule has 0 unspecified atom stereocenters. The van der Waals surface area contributed by atoms with E-state index in [1.54, 1.807) is 6.20 Å². The second kappa shape index (κ2) is 5.52. The molecule has 0 aliphatic carbocycles. The number of piperidine rings is 1. The van der Waals surface area contributed by atoms with E-state index in [1.165, 1.54) is 0 Å². The van der Waals surface area contributed by atoms with Crippen LogP contribution < -0.4 is 0 Å². The minimum Gasteiger partial charge on any atom is -0.378 e. The Balaban J connectivity index is 1.68. The molecule has 0 N–H and O–H groups in total. The van der Waals surface area contributed by atoms with Gasteiger partial charge in [0.1, 0.15) is 5.69 Å². The molecular weight excluding hydrogens is 252 g/mol. The van der Waals surface area contributed by atoms with Gasteiger partial charge in [-0.05, 0) is 37.3 Å². The summed E-state index contributed by atoms with van der Waals surface area (Å²) in [4.78, 5) is 18.7. The molecule has 1 amide bonds. The van der Waals surface area contributed by atoms with E-state index in [2.05, 4.69) is 11.9 Å². The zero-order valence-electron chi connectivity index (χ0n) is 12.2. The lowest BCUT2D eigenvalue weighted by Gasteiger charge is -2.35. The molecule has 4 nitrogen and oxygen atoms in total. The molecule has 2 saturated heterocycles. The summed E-state index contributed by atoms with van der Waals surface area (Å²) in [6.45, 7) is 6.60. The van der Waals surface area contributed by atoms with Crippen molar-refractivity contribution < 1.29 is 9.53 Å². The van der Waals surface area contributed by atoms with Crippen molar-refractivity contribution in [1.29, 1.82) is 0 Å². The summed E-state index contributed by atoms with van der Waals surface area (Å²) in [5.41, 5.74) is 1.63. The van der Waals surface area contributed by atoms with Crippen molar-refractivity contribution in [2.45, 2.75) is 32.8 Å². The topological polar surface area (TPSA) is 42.4 Å². The molecule has 3 rings (SSSR count). The lowest BCUT2D eigenvalue weighted by Crippen LogP contribution is -2.44. The van der Waals surface area contributed by atoms with E-state index in [4.69, 9.17) is 4.74 Å². The minimum atomic E-state index is 0.0587. The van der Waals surface area contributed by atoms with Crippen LogP contribution in [0.25, 0.3) is 0 Å². The van der Waals surface area contributed by atoms with Gasteiger partial charge in [-0.15, -0.1) is 0 Å². The molecule has 1 aromatic heterocycles. The number of fused-ring (bicyclic) bond motifs is 1. The number of amides is 1. The van der Waals surface area contributed by atoms with Gasteiger partial charge in [0.15, 0.2) is 0 Å². The number of likely N-dealkylation sites (tertiary alicyclic amines) is 1. The Kier molecular flexibility index (Phi) is 3.74. The highest BCUT2D eigenvalue weighted by molar-refractivity contribution is 5.92. The quantitative estimate of drug-likeness (QED) is 0.831. The Hall–Kier alpha value is -1.42. The first-order chi connectivity index (χ1) is 9.69. The Morgan fingerprint density at radius 3 is 3.05 bits per heavy atom. The van der Waals surface area contributed by atoms with Gasteiger partial charge in [-0.3, -0.25) is 9.78 Å².